The Balaban J connectivity index is 1.74. The first-order valence-corrected chi connectivity index (χ1v) is 8.81. The lowest BCUT2D eigenvalue weighted by atomic mass is 10.0. The molecule has 1 N–H and O–H groups in total. The van der Waals surface area contributed by atoms with E-state index in [0.29, 0.717) is 0 Å². The van der Waals surface area contributed by atoms with Gasteiger partial charge in [-0.25, -0.2) is 0 Å². The number of fused-ring (bicyclic) bond motifs is 1. The van der Waals surface area contributed by atoms with Crippen molar-refractivity contribution in [1.29, 1.82) is 0 Å². The monoisotopic (exact) mass is 336 g/mol. The molecule has 0 amide bonds. The van der Waals surface area contributed by atoms with Gasteiger partial charge in [0.15, 0.2) is 0 Å². The minimum absolute atomic E-state index is 0.954. The molecule has 2 aliphatic rings. The van der Waals surface area contributed by atoms with Crippen LogP contribution in [0.3, 0.4) is 0 Å². The number of nitrogens with one attached hydrogen (secondary N) is 1. The summed E-state index contributed by atoms with van der Waals surface area (Å²) >= 11 is 3.62. The first-order valence-electron chi connectivity index (χ1n) is 8.02. The average Bonchev–Trinajstić information content (AvgIpc) is 3.00. The van der Waals surface area contributed by atoms with Gasteiger partial charge in [0.25, 0.3) is 0 Å². The van der Waals surface area contributed by atoms with E-state index in [2.05, 4.69) is 51.3 Å². The van der Waals surface area contributed by atoms with Crippen LogP contribution in [0.25, 0.3) is 0 Å². The summed E-state index contributed by atoms with van der Waals surface area (Å²) < 4.78 is 1.19. The third-order valence-corrected chi connectivity index (χ3v) is 5.34. The normalized spacial score (nSPS) is 25.2. The molecule has 0 spiro atoms. The van der Waals surface area contributed by atoms with Crippen LogP contribution in [-0.2, 0) is 6.54 Å². The van der Waals surface area contributed by atoms with Gasteiger partial charge in [-0.3, -0.25) is 0 Å². The first-order chi connectivity index (χ1) is 9.78. The molecule has 2 fully saturated rings. The van der Waals surface area contributed by atoms with Crippen LogP contribution in [0.2, 0.25) is 0 Å². The predicted molar refractivity (Wildman–Crippen MR) is 89.2 cm³/mol. The number of anilines is 1. The Bertz CT molecular complexity index is 448. The summed E-state index contributed by atoms with van der Waals surface area (Å²) in [6.45, 7) is 6.84. The van der Waals surface area contributed by atoms with Crippen LogP contribution in [0, 0.1) is 11.8 Å². The Labute approximate surface area is 131 Å². The van der Waals surface area contributed by atoms with Gasteiger partial charge >= 0.3 is 0 Å². The summed E-state index contributed by atoms with van der Waals surface area (Å²) in [6.07, 6.45) is 5.54. The number of nitrogens with zero attached hydrogens (tertiary/aromatic N) is 1. The van der Waals surface area contributed by atoms with Gasteiger partial charge in [0.2, 0.25) is 0 Å². The second-order valence-corrected chi connectivity index (χ2v) is 7.22. The molecule has 1 heterocycles. The van der Waals surface area contributed by atoms with Crippen LogP contribution >= 0.6 is 15.9 Å². The van der Waals surface area contributed by atoms with Crippen molar-refractivity contribution in [3.05, 3.63) is 28.2 Å². The largest absolute Gasteiger partial charge is 0.371 e. The van der Waals surface area contributed by atoms with Gasteiger partial charge in [0, 0.05) is 29.8 Å². The molecule has 0 bridgehead atoms. The van der Waals surface area contributed by atoms with Crippen molar-refractivity contribution in [2.45, 2.75) is 39.2 Å². The summed E-state index contributed by atoms with van der Waals surface area (Å²) in [5.74, 6) is 1.91. The highest BCUT2D eigenvalue weighted by molar-refractivity contribution is 9.10. The Kier molecular flexibility index (Phi) is 4.67. The van der Waals surface area contributed by atoms with E-state index < -0.39 is 0 Å². The average molecular weight is 337 g/mol. The quantitative estimate of drug-likeness (QED) is 0.811. The summed E-state index contributed by atoms with van der Waals surface area (Å²) in [4.78, 5) is 2.63. The zero-order valence-corrected chi connectivity index (χ0v) is 14.0. The van der Waals surface area contributed by atoms with Gasteiger partial charge < -0.3 is 10.2 Å². The molecule has 2 atom stereocenters. The lowest BCUT2D eigenvalue weighted by molar-refractivity contribution is 0.494. The molecule has 1 aliphatic carbocycles. The molecule has 3 rings (SSSR count). The molecule has 20 heavy (non-hydrogen) atoms. The molecule has 2 nitrogen and oxygen atoms in total. The minimum Gasteiger partial charge on any atom is -0.371 e. The Hall–Kier alpha value is -0.540. The topological polar surface area (TPSA) is 15.3 Å². The van der Waals surface area contributed by atoms with Crippen molar-refractivity contribution in [2.24, 2.45) is 11.8 Å². The second-order valence-electron chi connectivity index (χ2n) is 6.31. The summed E-state index contributed by atoms with van der Waals surface area (Å²) in [5.41, 5.74) is 2.89. The van der Waals surface area contributed by atoms with Crippen LogP contribution in [0.5, 0.6) is 0 Å². The summed E-state index contributed by atoms with van der Waals surface area (Å²) in [5, 5.41) is 3.55. The summed E-state index contributed by atoms with van der Waals surface area (Å²) in [7, 11) is 0. The van der Waals surface area contributed by atoms with Crippen LogP contribution < -0.4 is 10.2 Å². The highest BCUT2D eigenvalue weighted by atomic mass is 79.9. The molecule has 3 heteroatoms. The van der Waals surface area contributed by atoms with Crippen molar-refractivity contribution >= 4 is 21.6 Å². The third kappa shape index (κ3) is 3.04. The zero-order chi connectivity index (χ0) is 13.9. The van der Waals surface area contributed by atoms with Gasteiger partial charge in [0.05, 0.1) is 0 Å². The molecule has 0 aromatic heterocycles. The van der Waals surface area contributed by atoms with Crippen molar-refractivity contribution < 1.29 is 0 Å². The molecule has 1 saturated heterocycles. The second kappa shape index (κ2) is 6.48. The van der Waals surface area contributed by atoms with E-state index in [4.69, 9.17) is 0 Å². The van der Waals surface area contributed by atoms with E-state index >= 15 is 0 Å². The highest BCUT2D eigenvalue weighted by Gasteiger charge is 2.36. The van der Waals surface area contributed by atoms with Gasteiger partial charge in [0.1, 0.15) is 0 Å². The van der Waals surface area contributed by atoms with Crippen LogP contribution in [-0.4, -0.2) is 19.6 Å². The Morgan fingerprint density at radius 3 is 2.70 bits per heavy atom. The molecule has 1 aromatic rings. The van der Waals surface area contributed by atoms with Crippen LogP contribution in [0.4, 0.5) is 5.69 Å². The van der Waals surface area contributed by atoms with E-state index in [1.807, 2.05) is 0 Å². The molecular formula is C17H25BrN2. The standard InChI is InChI=1S/C17H25BrN2/c1-2-8-19-10-15-9-16(18)6-7-17(15)20-11-13-4-3-5-14(13)12-20/h6-7,9,13-14,19H,2-5,8,10-12H2,1H3. The van der Waals surface area contributed by atoms with E-state index in [-0.39, 0.29) is 0 Å². The molecule has 2 unspecified atom stereocenters. The highest BCUT2D eigenvalue weighted by Crippen LogP contribution is 2.40. The SMILES string of the molecule is CCCNCc1cc(Br)ccc1N1CC2CCCC2C1. The van der Waals surface area contributed by atoms with Crippen LogP contribution in [0.15, 0.2) is 22.7 Å². The maximum Gasteiger partial charge on any atom is 0.0412 e. The lowest BCUT2D eigenvalue weighted by Gasteiger charge is -2.23. The van der Waals surface area contributed by atoms with Crippen LogP contribution in [0.1, 0.15) is 38.2 Å². The van der Waals surface area contributed by atoms with Crippen molar-refractivity contribution in [1.82, 2.24) is 5.32 Å². The van der Waals surface area contributed by atoms with E-state index in [1.54, 1.807) is 0 Å². The molecule has 1 aromatic carbocycles. The smallest absolute Gasteiger partial charge is 0.0412 e. The lowest BCUT2D eigenvalue weighted by Crippen LogP contribution is -2.24. The van der Waals surface area contributed by atoms with Crippen molar-refractivity contribution in [3.8, 4) is 0 Å². The van der Waals surface area contributed by atoms with E-state index in [9.17, 15) is 0 Å². The maximum absolute atomic E-state index is 3.62. The van der Waals surface area contributed by atoms with E-state index in [0.717, 1.165) is 24.9 Å². The first kappa shape index (κ1) is 14.4. The van der Waals surface area contributed by atoms with Gasteiger partial charge in [-0.15, -0.1) is 0 Å². The van der Waals surface area contributed by atoms with E-state index in [1.165, 1.54) is 54.5 Å². The Morgan fingerprint density at radius 1 is 1.25 bits per heavy atom. The Morgan fingerprint density at radius 2 is 2.00 bits per heavy atom. The molecular weight excluding hydrogens is 312 g/mol. The van der Waals surface area contributed by atoms with Gasteiger partial charge in [-0.1, -0.05) is 29.3 Å². The fourth-order valence-corrected chi connectivity index (χ4v) is 4.24. The third-order valence-electron chi connectivity index (χ3n) is 4.85. The minimum atomic E-state index is 0.954. The number of hydrogen-bond donors (Lipinski definition) is 1. The molecule has 110 valence electrons. The number of benzene rings is 1. The number of rotatable bonds is 5. The molecule has 0 radical (unpaired) electrons. The van der Waals surface area contributed by atoms with Crippen molar-refractivity contribution in [2.75, 3.05) is 24.5 Å². The number of hydrogen-bond acceptors (Lipinski definition) is 2. The summed E-state index contributed by atoms with van der Waals surface area (Å²) in [6, 6.07) is 6.77. The molecule has 1 aliphatic heterocycles. The predicted octanol–water partition coefficient (Wildman–Crippen LogP) is 4.19. The maximum atomic E-state index is 3.62. The zero-order valence-electron chi connectivity index (χ0n) is 12.4. The fraction of sp³-hybridized carbons (Fsp3) is 0.647. The van der Waals surface area contributed by atoms with Gasteiger partial charge in [-0.05, 0) is 61.4 Å². The number of halogens is 1. The van der Waals surface area contributed by atoms with Gasteiger partial charge in [-0.2, -0.15) is 0 Å². The molecule has 1 saturated carbocycles. The fourth-order valence-electron chi connectivity index (χ4n) is 3.84. The van der Waals surface area contributed by atoms with Crippen molar-refractivity contribution in [3.63, 3.8) is 0 Å².